The van der Waals surface area contributed by atoms with Crippen LogP contribution in [0.4, 0.5) is 5.69 Å². The Labute approximate surface area is 119 Å². The summed E-state index contributed by atoms with van der Waals surface area (Å²) in [7, 11) is -2.13. The number of carbonyl (C=O) groups excluding carboxylic acids is 1. The summed E-state index contributed by atoms with van der Waals surface area (Å²) in [6.07, 6.45) is 0. The fourth-order valence-corrected chi connectivity index (χ4v) is 1.89. The molecule has 0 unspecified atom stereocenters. The molecule has 0 aromatic heterocycles. The van der Waals surface area contributed by atoms with E-state index in [0.717, 1.165) is 0 Å². The van der Waals surface area contributed by atoms with Crippen molar-refractivity contribution < 1.29 is 17.9 Å². The molecule has 112 valence electrons. The van der Waals surface area contributed by atoms with E-state index < -0.39 is 15.6 Å². The summed E-state index contributed by atoms with van der Waals surface area (Å²) in [5, 5.41) is 5.01. The number of nitrogens with two attached hydrogens (primary N) is 1. The summed E-state index contributed by atoms with van der Waals surface area (Å²) >= 11 is 0. The summed E-state index contributed by atoms with van der Waals surface area (Å²) in [5.74, 6) is -0.219. The molecule has 2 N–H and O–H groups in total. The van der Waals surface area contributed by atoms with Crippen LogP contribution in [0.5, 0.6) is 0 Å². The van der Waals surface area contributed by atoms with Gasteiger partial charge in [-0.3, -0.25) is 4.79 Å². The molecule has 0 aliphatic carbocycles. The van der Waals surface area contributed by atoms with Crippen LogP contribution in [0.25, 0.3) is 0 Å². The topological polar surface area (TPSA) is 89.7 Å². The number of benzene rings is 1. The standard InChI is InChI=1S/C13H20N2O4S/c1-13(2,3)19-9-12(16)15(4)10-5-7-11(8-6-10)20(14,17)18/h5-8H,9H2,1-4H3,(H2,14,17,18). The molecule has 0 atom stereocenters. The highest BCUT2D eigenvalue weighted by Crippen LogP contribution is 2.17. The largest absolute Gasteiger partial charge is 0.366 e. The van der Waals surface area contributed by atoms with Gasteiger partial charge in [-0.15, -0.1) is 0 Å². The van der Waals surface area contributed by atoms with Crippen LogP contribution in [0.15, 0.2) is 29.2 Å². The molecule has 0 bridgehead atoms. The molecule has 7 heteroatoms. The zero-order valence-electron chi connectivity index (χ0n) is 12.1. The zero-order chi connectivity index (χ0) is 15.6. The minimum atomic E-state index is -3.72. The van der Waals surface area contributed by atoms with Crippen molar-refractivity contribution in [2.45, 2.75) is 31.3 Å². The number of primary sulfonamides is 1. The van der Waals surface area contributed by atoms with E-state index in [0.29, 0.717) is 5.69 Å². The number of rotatable bonds is 4. The summed E-state index contributed by atoms with van der Waals surface area (Å²) in [4.78, 5) is 13.3. The molecule has 1 amide bonds. The SMILES string of the molecule is CN(C(=O)COC(C)(C)C)c1ccc(S(N)(=O)=O)cc1. The fraction of sp³-hybridized carbons (Fsp3) is 0.462. The molecule has 0 radical (unpaired) electrons. The van der Waals surface area contributed by atoms with Crippen LogP contribution in [0, 0.1) is 0 Å². The Hall–Kier alpha value is -1.44. The third-order valence-corrected chi connectivity index (χ3v) is 3.48. The summed E-state index contributed by atoms with van der Waals surface area (Å²) in [6, 6.07) is 5.77. The monoisotopic (exact) mass is 300 g/mol. The molecular formula is C13H20N2O4S. The van der Waals surface area contributed by atoms with E-state index in [1.165, 1.54) is 29.2 Å². The Morgan fingerprint density at radius 3 is 2.15 bits per heavy atom. The molecule has 0 saturated carbocycles. The fourth-order valence-electron chi connectivity index (χ4n) is 1.38. The van der Waals surface area contributed by atoms with Crippen LogP contribution in [0.2, 0.25) is 0 Å². The Kier molecular flexibility index (Phi) is 4.90. The summed E-state index contributed by atoms with van der Waals surface area (Å²) in [5.41, 5.74) is 0.175. The number of anilines is 1. The van der Waals surface area contributed by atoms with Crippen LogP contribution in [-0.2, 0) is 19.6 Å². The molecule has 1 rings (SSSR count). The maximum absolute atomic E-state index is 11.9. The van der Waals surface area contributed by atoms with E-state index in [4.69, 9.17) is 9.88 Å². The first-order valence-electron chi connectivity index (χ1n) is 6.04. The van der Waals surface area contributed by atoms with Gasteiger partial charge in [0.1, 0.15) is 6.61 Å². The average molecular weight is 300 g/mol. The highest BCUT2D eigenvalue weighted by molar-refractivity contribution is 7.89. The van der Waals surface area contributed by atoms with Crippen molar-refractivity contribution in [1.29, 1.82) is 0 Å². The normalized spacial score (nSPS) is 12.2. The van der Waals surface area contributed by atoms with Gasteiger partial charge in [-0.05, 0) is 45.0 Å². The van der Waals surface area contributed by atoms with E-state index >= 15 is 0 Å². The van der Waals surface area contributed by atoms with Crippen molar-refractivity contribution in [2.24, 2.45) is 5.14 Å². The van der Waals surface area contributed by atoms with Gasteiger partial charge in [-0.1, -0.05) is 0 Å². The van der Waals surface area contributed by atoms with Gasteiger partial charge in [-0.25, -0.2) is 13.6 Å². The number of sulfonamides is 1. The van der Waals surface area contributed by atoms with Crippen molar-refractivity contribution in [3.05, 3.63) is 24.3 Å². The number of nitrogens with zero attached hydrogens (tertiary/aromatic N) is 1. The second kappa shape index (κ2) is 5.90. The van der Waals surface area contributed by atoms with Crippen LogP contribution >= 0.6 is 0 Å². The number of carbonyl (C=O) groups is 1. The molecular weight excluding hydrogens is 280 g/mol. The predicted octanol–water partition coefficient (Wildman–Crippen LogP) is 1.11. The quantitative estimate of drug-likeness (QED) is 0.902. The number of likely N-dealkylation sites (N-methyl/N-ethyl adjacent to an activating group) is 1. The first kappa shape index (κ1) is 16.6. The molecule has 1 aromatic rings. The van der Waals surface area contributed by atoms with Gasteiger partial charge in [0, 0.05) is 12.7 Å². The second-order valence-corrected chi connectivity index (χ2v) is 6.95. The highest BCUT2D eigenvalue weighted by Gasteiger charge is 2.17. The Bertz CT molecular complexity index is 573. The van der Waals surface area contributed by atoms with Crippen molar-refractivity contribution in [3.63, 3.8) is 0 Å². The lowest BCUT2D eigenvalue weighted by Gasteiger charge is -2.22. The average Bonchev–Trinajstić information content (AvgIpc) is 2.33. The minimum absolute atomic E-state index is 0.00744. The van der Waals surface area contributed by atoms with E-state index in [1.807, 2.05) is 20.8 Å². The molecule has 0 aliphatic rings. The first-order chi connectivity index (χ1) is 9.00. The summed E-state index contributed by atoms with van der Waals surface area (Å²) in [6.45, 7) is 5.54. The molecule has 20 heavy (non-hydrogen) atoms. The van der Waals surface area contributed by atoms with Crippen LogP contribution < -0.4 is 10.0 Å². The van der Waals surface area contributed by atoms with E-state index in [1.54, 1.807) is 7.05 Å². The zero-order valence-corrected chi connectivity index (χ0v) is 12.9. The number of amides is 1. The second-order valence-electron chi connectivity index (χ2n) is 5.39. The van der Waals surface area contributed by atoms with Crippen molar-refractivity contribution >= 4 is 21.6 Å². The lowest BCUT2D eigenvalue weighted by molar-refractivity contribution is -0.127. The van der Waals surface area contributed by atoms with Crippen LogP contribution in [-0.4, -0.2) is 33.6 Å². The molecule has 0 aliphatic heterocycles. The number of hydrogen-bond acceptors (Lipinski definition) is 4. The minimum Gasteiger partial charge on any atom is -0.366 e. The lowest BCUT2D eigenvalue weighted by Crippen LogP contribution is -2.33. The van der Waals surface area contributed by atoms with Crippen molar-refractivity contribution in [2.75, 3.05) is 18.6 Å². The maximum Gasteiger partial charge on any atom is 0.252 e. The number of hydrogen-bond donors (Lipinski definition) is 1. The molecule has 1 aromatic carbocycles. The van der Waals surface area contributed by atoms with E-state index in [9.17, 15) is 13.2 Å². The van der Waals surface area contributed by atoms with Gasteiger partial charge >= 0.3 is 0 Å². The molecule has 6 nitrogen and oxygen atoms in total. The molecule has 0 spiro atoms. The van der Waals surface area contributed by atoms with Crippen molar-refractivity contribution in [3.8, 4) is 0 Å². The highest BCUT2D eigenvalue weighted by atomic mass is 32.2. The lowest BCUT2D eigenvalue weighted by atomic mass is 10.2. The van der Waals surface area contributed by atoms with Crippen LogP contribution in [0.1, 0.15) is 20.8 Å². The predicted molar refractivity (Wildman–Crippen MR) is 76.9 cm³/mol. The van der Waals surface area contributed by atoms with Gasteiger partial charge in [0.05, 0.1) is 10.5 Å². The summed E-state index contributed by atoms with van der Waals surface area (Å²) < 4.78 is 27.7. The third kappa shape index (κ3) is 4.92. The van der Waals surface area contributed by atoms with Crippen LogP contribution in [0.3, 0.4) is 0 Å². The molecule has 0 heterocycles. The van der Waals surface area contributed by atoms with Gasteiger partial charge in [0.2, 0.25) is 10.0 Å². The van der Waals surface area contributed by atoms with E-state index in [-0.39, 0.29) is 17.4 Å². The van der Waals surface area contributed by atoms with Gasteiger partial charge in [-0.2, -0.15) is 0 Å². The molecule has 0 saturated heterocycles. The Morgan fingerprint density at radius 2 is 1.75 bits per heavy atom. The first-order valence-corrected chi connectivity index (χ1v) is 7.59. The van der Waals surface area contributed by atoms with E-state index in [2.05, 4.69) is 0 Å². The maximum atomic E-state index is 11.9. The van der Waals surface area contributed by atoms with Gasteiger partial charge < -0.3 is 9.64 Å². The Balaban J connectivity index is 2.77. The molecule has 0 fully saturated rings. The third-order valence-electron chi connectivity index (χ3n) is 2.56. The Morgan fingerprint density at radius 1 is 1.25 bits per heavy atom. The van der Waals surface area contributed by atoms with Gasteiger partial charge in [0.25, 0.3) is 5.91 Å². The van der Waals surface area contributed by atoms with Gasteiger partial charge in [0.15, 0.2) is 0 Å². The number of ether oxygens (including phenoxy) is 1. The van der Waals surface area contributed by atoms with Crippen molar-refractivity contribution in [1.82, 2.24) is 0 Å². The smallest absolute Gasteiger partial charge is 0.252 e.